The molecular formula is C66H84Cl2N11O14PS. The number of anilines is 3. The van der Waals surface area contributed by atoms with E-state index in [1.807, 2.05) is 26.1 Å². The number of phosphoric ester groups is 1. The highest BCUT2D eigenvalue weighted by molar-refractivity contribution is 7.80. The van der Waals surface area contributed by atoms with Crippen LogP contribution in [0, 0.1) is 47.8 Å². The van der Waals surface area contributed by atoms with E-state index in [1.54, 1.807) is 73.1 Å². The number of thiocarbonyl (C=S) groups is 1. The smallest absolute Gasteiger partial charge is 0.445 e. The van der Waals surface area contributed by atoms with Crippen molar-refractivity contribution in [3.63, 3.8) is 0 Å². The van der Waals surface area contributed by atoms with Crippen LogP contribution in [0.4, 0.5) is 26.7 Å². The van der Waals surface area contributed by atoms with Crippen molar-refractivity contribution >= 4 is 135 Å². The number of ether oxygens (including phenoxy) is 2. The molecule has 1 spiro atoms. The van der Waals surface area contributed by atoms with E-state index < -0.39 is 65.9 Å². The number of rotatable bonds is 30. The molecule has 3 aromatic carbocycles. The first-order valence-corrected chi connectivity index (χ1v) is 35.1. The van der Waals surface area contributed by atoms with Crippen molar-refractivity contribution < 1.29 is 66.7 Å². The predicted octanol–water partition coefficient (Wildman–Crippen LogP) is 8.64. The highest BCUT2D eigenvalue weighted by Gasteiger charge is 3.01. The van der Waals surface area contributed by atoms with Gasteiger partial charge in [0.05, 0.1) is 39.3 Å². The van der Waals surface area contributed by atoms with Gasteiger partial charge in [-0.25, -0.2) is 14.2 Å². The van der Waals surface area contributed by atoms with Gasteiger partial charge in [-0.1, -0.05) is 32.4 Å². The van der Waals surface area contributed by atoms with Crippen LogP contribution in [0.5, 0.6) is 11.5 Å². The minimum atomic E-state index is -4.98. The molecule has 8 atom stereocenters. The van der Waals surface area contributed by atoms with Crippen molar-refractivity contribution in [3.8, 4) is 11.5 Å². The van der Waals surface area contributed by atoms with Crippen LogP contribution in [0.1, 0.15) is 125 Å². The van der Waals surface area contributed by atoms with Crippen LogP contribution in [0.3, 0.4) is 0 Å². The second-order valence-corrected chi connectivity index (χ2v) is 29.0. The Morgan fingerprint density at radius 3 is 1.86 bits per heavy atom. The van der Waals surface area contributed by atoms with E-state index in [9.17, 15) is 47.9 Å². The molecule has 2 aliphatic heterocycles. The molecule has 5 aromatic rings. The van der Waals surface area contributed by atoms with Gasteiger partial charge in [-0.05, 0) is 130 Å². The van der Waals surface area contributed by atoms with Gasteiger partial charge in [0.1, 0.15) is 12.4 Å². The standard InChI is InChI=1S/C66H84Cl2N11O14PS/c1-35(2)54(75-58(83)40(21-38(5)80)11-8-9-17-69)47(81)22-41(12-10-18-71-61(70)86)57(82)74-44-15-13-39(14-16-44)31-91-62(87)76(6)19-20-77(7)63(95)92-48-23-45-52(50-36(3)27-72-55(48)50)42(25-67)29-78(45)59(84)64-32-65(34-66(64,65)33-64)60(85)79-30-43(26-68)53-46(79)24-49(93-94(88,89)90)56-51(53)37(4)28-73-56/h13-16,23-24,27-28,35,40-43,54,72-73H,8-12,17-22,25-26,29-34,69H2,1-7H3,(H,74,82)(H,75,83)(H3,70,71,86)(H2,88,89,90)/t40-,41-,42-,43-,54+,64?,65?,66?/m1/s1. The molecule has 3 fully saturated rings. The van der Waals surface area contributed by atoms with E-state index >= 15 is 4.79 Å². The molecule has 0 saturated heterocycles. The van der Waals surface area contributed by atoms with E-state index in [0.717, 1.165) is 27.6 Å². The number of benzene rings is 3. The maximum absolute atomic E-state index is 15.2. The maximum Gasteiger partial charge on any atom is 0.524 e. The summed E-state index contributed by atoms with van der Waals surface area (Å²) in [5.41, 5.74) is 15.5. The Bertz CT molecular complexity index is 3940. The molecule has 25 nitrogen and oxygen atoms in total. The number of aryl methyl sites for hydroxylation is 2. The first-order valence-electron chi connectivity index (χ1n) is 32.1. The van der Waals surface area contributed by atoms with E-state index in [4.69, 9.17) is 60.9 Å². The highest BCUT2D eigenvalue weighted by Crippen LogP contribution is 3.01. The van der Waals surface area contributed by atoms with Crippen molar-refractivity contribution in [2.45, 2.75) is 123 Å². The summed E-state index contributed by atoms with van der Waals surface area (Å²) in [6.45, 7) is 10.4. The number of aromatic nitrogens is 2. The van der Waals surface area contributed by atoms with Gasteiger partial charge in [0, 0.05) is 141 Å². The number of hydrogen-bond acceptors (Lipinski definition) is 14. The van der Waals surface area contributed by atoms with E-state index in [0.29, 0.717) is 103 Å². The number of fused-ring (bicyclic) bond motifs is 6. The Kier molecular flexibility index (Phi) is 20.8. The van der Waals surface area contributed by atoms with Gasteiger partial charge in [0.25, 0.3) is 5.17 Å². The summed E-state index contributed by atoms with van der Waals surface area (Å²) in [4.78, 5) is 141. The average molecular weight is 1390 g/mol. The molecule has 11 N–H and O–H groups in total. The number of phosphoric acid groups is 1. The molecule has 29 heteroatoms. The van der Waals surface area contributed by atoms with Gasteiger partial charge < -0.3 is 75.8 Å². The number of unbranched alkanes of at least 4 members (excludes halogenated alkanes) is 1. The largest absolute Gasteiger partial charge is 0.524 e. The quantitative estimate of drug-likeness (QED) is 0.00898. The molecule has 3 unspecified atom stereocenters. The highest BCUT2D eigenvalue weighted by atomic mass is 35.5. The lowest BCUT2D eigenvalue weighted by Gasteiger charge is -2.37. The van der Waals surface area contributed by atoms with Crippen LogP contribution < -0.4 is 46.5 Å². The lowest BCUT2D eigenvalue weighted by molar-refractivity contribution is -0.134. The molecule has 95 heavy (non-hydrogen) atoms. The number of carbonyl (C=O) groups is 8. The molecule has 2 aromatic heterocycles. The summed E-state index contributed by atoms with van der Waals surface area (Å²) in [7, 11) is -1.67. The van der Waals surface area contributed by atoms with Crippen molar-refractivity contribution in [2.75, 3.05) is 80.2 Å². The Hall–Kier alpha value is -7.32. The van der Waals surface area contributed by atoms with Gasteiger partial charge in [0.2, 0.25) is 23.6 Å². The summed E-state index contributed by atoms with van der Waals surface area (Å²) in [5.74, 6) is -3.14. The van der Waals surface area contributed by atoms with E-state index in [2.05, 4.69) is 25.9 Å². The van der Waals surface area contributed by atoms with Crippen LogP contribution in [0.2, 0.25) is 0 Å². The normalized spacial score (nSPS) is 21.3. The lowest BCUT2D eigenvalue weighted by Crippen LogP contribution is -2.49. The molecule has 512 valence electrons. The van der Waals surface area contributed by atoms with Crippen molar-refractivity contribution in [1.29, 1.82) is 0 Å². The molecule has 10 rings (SSSR count). The zero-order valence-electron chi connectivity index (χ0n) is 54.4. The molecule has 3 aliphatic carbocycles. The number of likely N-dealkylation sites (N-methyl/N-ethyl adjacent to an activating group) is 2. The summed E-state index contributed by atoms with van der Waals surface area (Å²) in [6.07, 6.45) is 6.51. The fourth-order valence-corrected chi connectivity index (χ4v) is 16.1. The van der Waals surface area contributed by atoms with Crippen LogP contribution >= 0.6 is 43.2 Å². The minimum absolute atomic E-state index is 0.0297. The van der Waals surface area contributed by atoms with Crippen LogP contribution in [0.15, 0.2) is 48.8 Å². The third kappa shape index (κ3) is 13.9. The van der Waals surface area contributed by atoms with Gasteiger partial charge in [0.15, 0.2) is 17.3 Å². The number of nitrogens with one attached hydrogen (secondary N) is 5. The van der Waals surface area contributed by atoms with Crippen LogP contribution in [-0.4, -0.2) is 153 Å². The predicted molar refractivity (Wildman–Crippen MR) is 364 cm³/mol. The molecule has 3 saturated carbocycles. The Labute approximate surface area is 565 Å². The van der Waals surface area contributed by atoms with E-state index in [-0.39, 0.29) is 116 Å². The Morgan fingerprint density at radius 1 is 0.789 bits per heavy atom. The number of urea groups is 1. The van der Waals surface area contributed by atoms with Crippen LogP contribution in [0.25, 0.3) is 21.8 Å². The lowest BCUT2D eigenvalue weighted by atomic mass is 9.72. The summed E-state index contributed by atoms with van der Waals surface area (Å²) in [5, 5.41) is 9.89. The zero-order chi connectivity index (χ0) is 68.8. The molecule has 0 bridgehead atoms. The average Bonchev–Trinajstić information content (AvgIpc) is 1.40. The number of carbonyl (C=O) groups excluding carboxylic acids is 8. The summed E-state index contributed by atoms with van der Waals surface area (Å²) >= 11 is 19.2. The Morgan fingerprint density at radius 2 is 1.34 bits per heavy atom. The zero-order valence-corrected chi connectivity index (χ0v) is 57.6. The van der Waals surface area contributed by atoms with E-state index in [1.165, 1.54) is 17.9 Å². The molecule has 0 radical (unpaired) electrons. The number of ketones is 2. The SMILES string of the molecule is CC(=O)C[C@@H](CCCCN)C(=O)N[C@H](C(=O)C[C@@H](CCCNC(N)=O)C(=O)Nc1ccc(COC(=O)N(C)CCN(C)C(=S)Oc2cc3c(c4c(C)c[nH]c24)[C@H](CCl)CN3C(=O)C23CC4(C(=O)N5C[C@@H](CCl)c6c5cc(OP(=O)(O)O)c5[nH]cc(C)c65)CC24C3)cc1)C(C)C. The van der Waals surface area contributed by atoms with Gasteiger partial charge >= 0.3 is 19.9 Å². The first-order chi connectivity index (χ1) is 45.0. The minimum Gasteiger partial charge on any atom is -0.445 e. The second kappa shape index (κ2) is 28.0. The number of nitrogens with zero attached hydrogens (tertiary/aromatic N) is 4. The molecule has 5 aliphatic rings. The van der Waals surface area contributed by atoms with Gasteiger partial charge in [-0.2, -0.15) is 0 Å². The molecular weight excluding hydrogens is 1300 g/mol. The number of nitrogens with two attached hydrogens (primary N) is 2. The second-order valence-electron chi connectivity index (χ2n) is 26.8. The third-order valence-electron chi connectivity index (χ3n) is 20.0. The maximum atomic E-state index is 15.2. The van der Waals surface area contributed by atoms with Crippen molar-refractivity contribution in [2.24, 2.45) is 45.5 Å². The Balaban J connectivity index is 0.739. The molecule has 7 amide bonds. The number of alkyl halides is 2. The number of halogens is 2. The van der Waals surface area contributed by atoms with Crippen molar-refractivity contribution in [1.82, 2.24) is 30.4 Å². The van der Waals surface area contributed by atoms with Gasteiger partial charge in [-0.3, -0.25) is 33.8 Å². The van der Waals surface area contributed by atoms with Crippen molar-refractivity contribution in [3.05, 3.63) is 76.6 Å². The number of aromatic amines is 2. The van der Waals surface area contributed by atoms with Gasteiger partial charge in [-0.15, -0.1) is 23.2 Å². The molecule has 4 heterocycles. The van der Waals surface area contributed by atoms with Crippen LogP contribution in [-0.2, 0) is 44.7 Å². The number of primary amides is 1. The fraction of sp³-hybridized carbons (Fsp3) is 0.530. The number of hydrogen-bond donors (Lipinski definition) is 9. The monoisotopic (exact) mass is 1390 g/mol. The first kappa shape index (κ1) is 70.5. The summed E-state index contributed by atoms with van der Waals surface area (Å²) < 4.78 is 29.4. The topological polar surface area (TPSA) is 354 Å². The third-order valence-corrected chi connectivity index (χ3v) is 21.6. The summed E-state index contributed by atoms with van der Waals surface area (Å²) in [6, 6.07) is 8.32. The fourth-order valence-electron chi connectivity index (χ4n) is 15.0. The number of H-pyrrole nitrogens is 2. The number of amides is 7. The number of Topliss-reactive ketones (excluding diaryl/α,β-unsaturated/α-hetero) is 2.